The molecule has 0 aliphatic carbocycles. The normalized spacial score (nSPS) is 21.2. The molecule has 100 valence electrons. The minimum Gasteiger partial charge on any atom is -0.488 e. The molecule has 18 heavy (non-hydrogen) atoms. The number of aromatic nitrogens is 1. The summed E-state index contributed by atoms with van der Waals surface area (Å²) in [7, 11) is 0. The zero-order chi connectivity index (χ0) is 13.0. The molecule has 2 rings (SSSR count). The van der Waals surface area contributed by atoms with Crippen molar-refractivity contribution in [1.82, 2.24) is 10.3 Å². The van der Waals surface area contributed by atoms with Crippen molar-refractivity contribution in [2.24, 2.45) is 11.8 Å². The second-order valence-corrected chi connectivity index (χ2v) is 5.63. The molecule has 1 aromatic rings. The molecule has 0 amide bonds. The van der Waals surface area contributed by atoms with Gasteiger partial charge in [0.2, 0.25) is 0 Å². The Morgan fingerprint density at radius 2 is 2.33 bits per heavy atom. The predicted molar refractivity (Wildman–Crippen MR) is 73.8 cm³/mol. The second-order valence-electron chi connectivity index (χ2n) is 5.63. The molecular formula is C15H24N2O. The molecule has 1 aromatic heterocycles. The van der Waals surface area contributed by atoms with Crippen LogP contribution in [0.5, 0.6) is 5.75 Å². The van der Waals surface area contributed by atoms with E-state index in [2.05, 4.69) is 24.1 Å². The average Bonchev–Trinajstić information content (AvgIpc) is 2.84. The van der Waals surface area contributed by atoms with E-state index in [0.717, 1.165) is 31.0 Å². The van der Waals surface area contributed by atoms with Crippen LogP contribution in [0, 0.1) is 18.8 Å². The van der Waals surface area contributed by atoms with Gasteiger partial charge in [0.25, 0.3) is 0 Å². The van der Waals surface area contributed by atoms with E-state index >= 15 is 0 Å². The quantitative estimate of drug-likeness (QED) is 0.870. The van der Waals surface area contributed by atoms with E-state index in [4.69, 9.17) is 4.74 Å². The van der Waals surface area contributed by atoms with Gasteiger partial charge in [0, 0.05) is 18.7 Å². The van der Waals surface area contributed by atoms with Gasteiger partial charge >= 0.3 is 0 Å². The van der Waals surface area contributed by atoms with Gasteiger partial charge in [-0.15, -0.1) is 0 Å². The van der Waals surface area contributed by atoms with Crippen molar-refractivity contribution in [2.45, 2.75) is 39.7 Å². The highest BCUT2D eigenvalue weighted by Crippen LogP contribution is 2.25. The molecule has 2 heterocycles. The van der Waals surface area contributed by atoms with Crippen molar-refractivity contribution < 1.29 is 4.74 Å². The third kappa shape index (κ3) is 3.45. The molecule has 1 aliphatic heterocycles. The maximum atomic E-state index is 6.24. The topological polar surface area (TPSA) is 34.1 Å². The van der Waals surface area contributed by atoms with Crippen molar-refractivity contribution in [1.29, 1.82) is 0 Å². The van der Waals surface area contributed by atoms with E-state index in [1.54, 1.807) is 0 Å². The van der Waals surface area contributed by atoms with Gasteiger partial charge in [-0.1, -0.05) is 13.8 Å². The fraction of sp³-hybridized carbons (Fsp3) is 0.667. The monoisotopic (exact) mass is 248 g/mol. The van der Waals surface area contributed by atoms with Crippen LogP contribution in [0.1, 0.15) is 32.4 Å². The Balaban J connectivity index is 2.06. The highest BCUT2D eigenvalue weighted by atomic mass is 16.5. The summed E-state index contributed by atoms with van der Waals surface area (Å²) in [4.78, 5) is 4.30. The van der Waals surface area contributed by atoms with Crippen molar-refractivity contribution in [2.75, 3.05) is 13.1 Å². The van der Waals surface area contributed by atoms with E-state index in [1.165, 1.54) is 6.42 Å². The summed E-state index contributed by atoms with van der Waals surface area (Å²) in [6, 6.07) is 3.97. The van der Waals surface area contributed by atoms with Crippen molar-refractivity contribution >= 4 is 0 Å². The molecule has 1 fully saturated rings. The summed E-state index contributed by atoms with van der Waals surface area (Å²) >= 11 is 0. The molecule has 0 radical (unpaired) electrons. The number of ether oxygens (including phenoxy) is 1. The number of aryl methyl sites for hydroxylation is 1. The predicted octanol–water partition coefficient (Wildman–Crippen LogP) is 2.79. The van der Waals surface area contributed by atoms with E-state index < -0.39 is 0 Å². The van der Waals surface area contributed by atoms with Crippen molar-refractivity contribution in [3.8, 4) is 5.75 Å². The Hall–Kier alpha value is -1.09. The minimum atomic E-state index is 0.308. The van der Waals surface area contributed by atoms with E-state index in [9.17, 15) is 0 Å². The molecule has 3 nitrogen and oxygen atoms in total. The summed E-state index contributed by atoms with van der Waals surface area (Å²) in [6.45, 7) is 8.73. The Bertz CT molecular complexity index is 373. The van der Waals surface area contributed by atoms with Crippen LogP contribution in [0.3, 0.4) is 0 Å². The molecule has 1 N–H and O–H groups in total. The molecule has 1 saturated heterocycles. The minimum absolute atomic E-state index is 0.308. The zero-order valence-electron chi connectivity index (χ0n) is 11.6. The molecule has 0 spiro atoms. The van der Waals surface area contributed by atoms with Crippen LogP contribution in [0.25, 0.3) is 0 Å². The molecule has 2 unspecified atom stereocenters. The number of pyridine rings is 1. The van der Waals surface area contributed by atoms with Gasteiger partial charge in [0.05, 0.1) is 5.69 Å². The SMILES string of the molecule is Cc1ncccc1OC(CC(C)C)C1CCNC1. The van der Waals surface area contributed by atoms with Crippen LogP contribution >= 0.6 is 0 Å². The summed E-state index contributed by atoms with van der Waals surface area (Å²) in [6.07, 6.45) is 4.46. The van der Waals surface area contributed by atoms with Gasteiger partial charge in [0.15, 0.2) is 0 Å². The van der Waals surface area contributed by atoms with Gasteiger partial charge in [-0.25, -0.2) is 0 Å². The Kier molecular flexibility index (Phi) is 4.59. The maximum absolute atomic E-state index is 6.24. The Morgan fingerprint density at radius 3 is 2.94 bits per heavy atom. The van der Waals surface area contributed by atoms with Crippen LogP contribution in [0.4, 0.5) is 0 Å². The first-order chi connectivity index (χ1) is 8.66. The molecule has 2 atom stereocenters. The van der Waals surface area contributed by atoms with Crippen LogP contribution in [0.2, 0.25) is 0 Å². The third-order valence-electron chi connectivity index (χ3n) is 3.56. The molecule has 3 heteroatoms. The molecule has 1 aliphatic rings. The number of hydrogen-bond acceptors (Lipinski definition) is 3. The highest BCUT2D eigenvalue weighted by molar-refractivity contribution is 5.25. The Labute approximate surface area is 110 Å². The van der Waals surface area contributed by atoms with Crippen molar-refractivity contribution in [3.05, 3.63) is 24.0 Å². The lowest BCUT2D eigenvalue weighted by atomic mass is 9.93. The number of nitrogens with zero attached hydrogens (tertiary/aromatic N) is 1. The fourth-order valence-electron chi connectivity index (χ4n) is 2.55. The van der Waals surface area contributed by atoms with E-state index in [0.29, 0.717) is 17.9 Å². The highest BCUT2D eigenvalue weighted by Gasteiger charge is 2.27. The lowest BCUT2D eigenvalue weighted by molar-refractivity contribution is 0.118. The summed E-state index contributed by atoms with van der Waals surface area (Å²) in [5.74, 6) is 2.23. The van der Waals surface area contributed by atoms with Crippen LogP contribution in [-0.2, 0) is 0 Å². The number of rotatable bonds is 5. The van der Waals surface area contributed by atoms with Gasteiger partial charge in [0.1, 0.15) is 11.9 Å². The van der Waals surface area contributed by atoms with Crippen molar-refractivity contribution in [3.63, 3.8) is 0 Å². The first-order valence-corrected chi connectivity index (χ1v) is 6.96. The van der Waals surface area contributed by atoms with Crippen LogP contribution in [-0.4, -0.2) is 24.2 Å². The molecule has 0 saturated carbocycles. The lowest BCUT2D eigenvalue weighted by Gasteiger charge is -2.26. The number of nitrogens with one attached hydrogen (secondary N) is 1. The van der Waals surface area contributed by atoms with E-state index in [-0.39, 0.29) is 0 Å². The summed E-state index contributed by atoms with van der Waals surface area (Å²) in [5.41, 5.74) is 0.984. The van der Waals surface area contributed by atoms with E-state index in [1.807, 2.05) is 25.3 Å². The second kappa shape index (κ2) is 6.19. The fourth-order valence-corrected chi connectivity index (χ4v) is 2.55. The van der Waals surface area contributed by atoms with Crippen LogP contribution in [0.15, 0.2) is 18.3 Å². The molecular weight excluding hydrogens is 224 g/mol. The summed E-state index contributed by atoms with van der Waals surface area (Å²) in [5, 5.41) is 3.43. The van der Waals surface area contributed by atoms with Crippen LogP contribution < -0.4 is 10.1 Å². The lowest BCUT2D eigenvalue weighted by Crippen LogP contribution is -2.30. The Morgan fingerprint density at radius 1 is 1.50 bits per heavy atom. The average molecular weight is 248 g/mol. The maximum Gasteiger partial charge on any atom is 0.140 e. The zero-order valence-corrected chi connectivity index (χ0v) is 11.6. The third-order valence-corrected chi connectivity index (χ3v) is 3.56. The smallest absolute Gasteiger partial charge is 0.140 e. The first-order valence-electron chi connectivity index (χ1n) is 6.96. The molecule has 0 bridgehead atoms. The summed E-state index contributed by atoms with van der Waals surface area (Å²) < 4.78 is 6.24. The first kappa shape index (κ1) is 13.3. The molecule has 0 aromatic carbocycles. The van der Waals surface area contributed by atoms with Gasteiger partial charge in [-0.3, -0.25) is 4.98 Å². The number of hydrogen-bond donors (Lipinski definition) is 1. The van der Waals surface area contributed by atoms with Gasteiger partial charge in [-0.05, 0) is 44.4 Å². The van der Waals surface area contributed by atoms with Gasteiger partial charge in [-0.2, -0.15) is 0 Å². The standard InChI is InChI=1S/C15H24N2O/c1-11(2)9-15(13-6-8-16-10-13)18-14-5-4-7-17-12(14)3/h4-5,7,11,13,15-16H,6,8-10H2,1-3H3. The largest absolute Gasteiger partial charge is 0.488 e. The van der Waals surface area contributed by atoms with Gasteiger partial charge < -0.3 is 10.1 Å².